The van der Waals surface area contributed by atoms with E-state index in [2.05, 4.69) is 10.3 Å². The summed E-state index contributed by atoms with van der Waals surface area (Å²) in [4.78, 5) is 3.97. The van der Waals surface area contributed by atoms with Gasteiger partial charge in [-0.15, -0.1) is 0 Å². The molecule has 1 aliphatic heterocycles. The molecule has 0 spiro atoms. The number of rotatable bonds is 1. The van der Waals surface area contributed by atoms with Crippen molar-refractivity contribution in [3.63, 3.8) is 0 Å². The second kappa shape index (κ2) is 2.22. The number of halogens is 1. The van der Waals surface area contributed by atoms with Crippen LogP contribution in [0.1, 0.15) is 11.6 Å². The smallest absolute Gasteiger partial charge is 0.133 e. The molecule has 2 heterocycles. The van der Waals surface area contributed by atoms with Crippen LogP contribution in [-0.2, 0) is 0 Å². The van der Waals surface area contributed by atoms with Crippen molar-refractivity contribution in [1.29, 1.82) is 0 Å². The summed E-state index contributed by atoms with van der Waals surface area (Å²) in [7, 11) is 0. The molecule has 1 saturated heterocycles. The molecule has 1 aliphatic rings. The van der Waals surface area contributed by atoms with Crippen LogP contribution >= 0.6 is 11.6 Å². The average molecular weight is 155 g/mol. The lowest BCUT2D eigenvalue weighted by atomic mass is 10.2. The van der Waals surface area contributed by atoms with Gasteiger partial charge in [-0.05, 0) is 6.07 Å². The minimum Gasteiger partial charge on any atom is -0.307 e. The second-order valence-corrected chi connectivity index (χ2v) is 2.70. The normalized spacial score (nSPS) is 22.7. The molecule has 52 valence electrons. The molecule has 3 heteroatoms. The Kier molecular flexibility index (Phi) is 1.36. The van der Waals surface area contributed by atoms with Crippen LogP contribution < -0.4 is 5.32 Å². The molecule has 1 fully saturated rings. The third kappa shape index (κ3) is 1.00. The molecule has 1 N–H and O–H groups in total. The maximum absolute atomic E-state index is 5.81. The van der Waals surface area contributed by atoms with E-state index in [0.29, 0.717) is 11.2 Å². The van der Waals surface area contributed by atoms with E-state index >= 15 is 0 Å². The Hall–Kier alpha value is -0.600. The minimum atomic E-state index is 0.459. The lowest BCUT2D eigenvalue weighted by Gasteiger charge is -1.96. The Morgan fingerprint density at radius 1 is 1.70 bits per heavy atom. The molecule has 0 amide bonds. The Bertz CT molecular complexity index is 245. The zero-order valence-corrected chi connectivity index (χ0v) is 6.10. The third-order valence-electron chi connectivity index (χ3n) is 1.57. The number of hydrogen-bond donors (Lipinski definition) is 1. The molecule has 1 aromatic heterocycles. The van der Waals surface area contributed by atoms with E-state index < -0.39 is 0 Å². The van der Waals surface area contributed by atoms with Crippen LogP contribution in [-0.4, -0.2) is 11.5 Å². The molecule has 2 nitrogen and oxygen atoms in total. The van der Waals surface area contributed by atoms with Crippen molar-refractivity contribution in [2.45, 2.75) is 6.04 Å². The highest BCUT2D eigenvalue weighted by Crippen LogP contribution is 2.26. The Labute approximate surface area is 64.2 Å². The van der Waals surface area contributed by atoms with Crippen LogP contribution in [0.2, 0.25) is 5.15 Å². The predicted octanol–water partition coefficient (Wildman–Crippen LogP) is 1.38. The molecule has 0 aromatic carbocycles. The van der Waals surface area contributed by atoms with Crippen LogP contribution in [0.5, 0.6) is 0 Å². The molecule has 0 aliphatic carbocycles. The van der Waals surface area contributed by atoms with Crippen LogP contribution in [0.4, 0.5) is 0 Å². The largest absolute Gasteiger partial charge is 0.307 e. The fourth-order valence-electron chi connectivity index (χ4n) is 0.937. The van der Waals surface area contributed by atoms with Gasteiger partial charge in [0.15, 0.2) is 0 Å². The summed E-state index contributed by atoms with van der Waals surface area (Å²) in [5.41, 5.74) is 1.11. The van der Waals surface area contributed by atoms with Crippen molar-refractivity contribution in [3.8, 4) is 0 Å². The van der Waals surface area contributed by atoms with E-state index in [0.717, 1.165) is 12.1 Å². The van der Waals surface area contributed by atoms with Gasteiger partial charge in [0.2, 0.25) is 0 Å². The minimum absolute atomic E-state index is 0.459. The zero-order valence-electron chi connectivity index (χ0n) is 5.34. The summed E-state index contributed by atoms with van der Waals surface area (Å²) in [5, 5.41) is 3.79. The molecule has 0 bridgehead atoms. The molecule has 0 radical (unpaired) electrons. The van der Waals surface area contributed by atoms with E-state index in [1.165, 1.54) is 0 Å². The van der Waals surface area contributed by atoms with E-state index in [9.17, 15) is 0 Å². The summed E-state index contributed by atoms with van der Waals surface area (Å²) in [6.45, 7) is 1.03. The van der Waals surface area contributed by atoms with Crippen molar-refractivity contribution in [3.05, 3.63) is 29.0 Å². The maximum Gasteiger partial charge on any atom is 0.133 e. The summed E-state index contributed by atoms with van der Waals surface area (Å²) in [6, 6.07) is 4.36. The lowest BCUT2D eigenvalue weighted by Crippen LogP contribution is -1.86. The van der Waals surface area contributed by atoms with Crippen LogP contribution in [0.15, 0.2) is 18.3 Å². The summed E-state index contributed by atoms with van der Waals surface area (Å²) >= 11 is 5.81. The molecular weight excluding hydrogens is 148 g/mol. The highest BCUT2D eigenvalue weighted by atomic mass is 35.5. The quantitative estimate of drug-likeness (QED) is 0.490. The Balaban J connectivity index is 2.39. The van der Waals surface area contributed by atoms with E-state index in [4.69, 9.17) is 11.6 Å². The molecular formula is C7H7ClN2. The van der Waals surface area contributed by atoms with E-state index in [1.54, 1.807) is 6.20 Å². The highest BCUT2D eigenvalue weighted by molar-refractivity contribution is 6.30. The van der Waals surface area contributed by atoms with Crippen molar-refractivity contribution < 1.29 is 0 Å². The number of aromatic nitrogens is 1. The van der Waals surface area contributed by atoms with Crippen molar-refractivity contribution >= 4 is 11.6 Å². The van der Waals surface area contributed by atoms with Gasteiger partial charge < -0.3 is 5.32 Å². The fraction of sp³-hybridized carbons (Fsp3) is 0.286. The van der Waals surface area contributed by atoms with Crippen LogP contribution in [0.3, 0.4) is 0 Å². The Morgan fingerprint density at radius 3 is 3.10 bits per heavy atom. The van der Waals surface area contributed by atoms with Gasteiger partial charge in [0.25, 0.3) is 0 Å². The summed E-state index contributed by atoms with van der Waals surface area (Å²) in [6.07, 6.45) is 1.70. The van der Waals surface area contributed by atoms with Gasteiger partial charge in [-0.2, -0.15) is 0 Å². The summed E-state index contributed by atoms with van der Waals surface area (Å²) < 4.78 is 0. The molecule has 10 heavy (non-hydrogen) atoms. The van der Waals surface area contributed by atoms with Crippen molar-refractivity contribution in [2.75, 3.05) is 6.54 Å². The van der Waals surface area contributed by atoms with Gasteiger partial charge in [-0.25, -0.2) is 4.98 Å². The summed E-state index contributed by atoms with van der Waals surface area (Å²) in [5.74, 6) is 0. The first kappa shape index (κ1) is 6.13. The van der Waals surface area contributed by atoms with Crippen molar-refractivity contribution in [1.82, 2.24) is 10.3 Å². The number of nitrogens with zero attached hydrogens (tertiary/aromatic N) is 1. The fourth-order valence-corrected chi connectivity index (χ4v) is 1.19. The predicted molar refractivity (Wildman–Crippen MR) is 40.0 cm³/mol. The SMILES string of the molecule is Clc1ncccc1[C@H]1CN1. The van der Waals surface area contributed by atoms with Crippen molar-refractivity contribution in [2.24, 2.45) is 0 Å². The zero-order chi connectivity index (χ0) is 6.97. The monoisotopic (exact) mass is 154 g/mol. The highest BCUT2D eigenvalue weighted by Gasteiger charge is 2.24. The second-order valence-electron chi connectivity index (χ2n) is 2.34. The topological polar surface area (TPSA) is 34.8 Å². The maximum atomic E-state index is 5.81. The molecule has 1 atom stereocenters. The number of hydrogen-bond acceptors (Lipinski definition) is 2. The first-order valence-corrected chi connectivity index (χ1v) is 3.59. The molecule has 2 rings (SSSR count). The van der Waals surface area contributed by atoms with E-state index in [1.807, 2.05) is 12.1 Å². The van der Waals surface area contributed by atoms with Crippen LogP contribution in [0, 0.1) is 0 Å². The van der Waals surface area contributed by atoms with Gasteiger partial charge >= 0.3 is 0 Å². The Morgan fingerprint density at radius 2 is 2.50 bits per heavy atom. The van der Waals surface area contributed by atoms with Crippen LogP contribution in [0.25, 0.3) is 0 Å². The molecule has 0 unspecified atom stereocenters. The first-order valence-electron chi connectivity index (χ1n) is 3.22. The van der Waals surface area contributed by atoms with Gasteiger partial charge in [0.05, 0.1) is 0 Å². The van der Waals surface area contributed by atoms with Gasteiger partial charge in [-0.1, -0.05) is 17.7 Å². The molecule has 0 saturated carbocycles. The first-order chi connectivity index (χ1) is 4.88. The van der Waals surface area contributed by atoms with Gasteiger partial charge in [0, 0.05) is 24.3 Å². The molecule has 1 aromatic rings. The van der Waals surface area contributed by atoms with Gasteiger partial charge in [-0.3, -0.25) is 0 Å². The third-order valence-corrected chi connectivity index (χ3v) is 1.89. The van der Waals surface area contributed by atoms with Gasteiger partial charge in [0.1, 0.15) is 5.15 Å². The lowest BCUT2D eigenvalue weighted by molar-refractivity contribution is 1.05. The van der Waals surface area contributed by atoms with E-state index in [-0.39, 0.29) is 0 Å². The number of nitrogens with one attached hydrogen (secondary N) is 1. The number of pyridine rings is 1. The standard InChI is InChI=1S/C7H7ClN2/c8-7-5(6-4-10-6)2-1-3-9-7/h1-3,6,10H,4H2/t6-/m1/s1. The average Bonchev–Trinajstić information content (AvgIpc) is 2.71.